The van der Waals surface area contributed by atoms with Gasteiger partial charge in [-0.05, 0) is 20.3 Å². The molecule has 6 nitrogen and oxygen atoms in total. The van der Waals surface area contributed by atoms with E-state index in [-0.39, 0.29) is 17.8 Å². The Morgan fingerprint density at radius 2 is 2.22 bits per heavy atom. The van der Waals surface area contributed by atoms with Crippen LogP contribution in [0.15, 0.2) is 0 Å². The Morgan fingerprint density at radius 1 is 1.50 bits per heavy atom. The lowest BCUT2D eigenvalue weighted by Gasteiger charge is -2.24. The second kappa shape index (κ2) is 7.10. The van der Waals surface area contributed by atoms with Crippen LogP contribution in [0.1, 0.15) is 43.6 Å². The van der Waals surface area contributed by atoms with Gasteiger partial charge in [0.15, 0.2) is 0 Å². The fourth-order valence-corrected chi connectivity index (χ4v) is 1.65. The molecule has 18 heavy (non-hydrogen) atoms. The van der Waals surface area contributed by atoms with E-state index in [9.17, 15) is 4.79 Å². The summed E-state index contributed by atoms with van der Waals surface area (Å²) in [6, 6.07) is 0.0979. The van der Waals surface area contributed by atoms with Crippen molar-refractivity contribution in [3.63, 3.8) is 0 Å². The number of nitrogens with one attached hydrogen (secondary N) is 1. The van der Waals surface area contributed by atoms with Crippen LogP contribution in [0.2, 0.25) is 0 Å². The number of H-pyrrole nitrogens is 1. The van der Waals surface area contributed by atoms with Crippen LogP contribution in [0.5, 0.6) is 0 Å². The Bertz CT molecular complexity index is 376. The lowest BCUT2D eigenvalue weighted by molar-refractivity contribution is 0.0623. The third-order valence-corrected chi connectivity index (χ3v) is 2.63. The molecule has 0 saturated carbocycles. The largest absolute Gasteiger partial charge is 0.383 e. The van der Waals surface area contributed by atoms with Gasteiger partial charge in [-0.25, -0.2) is 4.98 Å². The molecule has 1 N–H and O–H groups in total. The van der Waals surface area contributed by atoms with Crippen LogP contribution in [-0.2, 0) is 11.2 Å². The third kappa shape index (κ3) is 3.80. The number of carbonyl (C=O) groups is 1. The first-order valence-electron chi connectivity index (χ1n) is 6.31. The van der Waals surface area contributed by atoms with Crippen LogP contribution < -0.4 is 0 Å². The lowest BCUT2D eigenvalue weighted by atomic mass is 10.3. The standard InChI is InChI=1S/C12H22N4O2/c1-5-6-10-13-11(15-14-10)12(17)16(9(2)3)7-8-18-4/h9H,5-8H2,1-4H3,(H,13,14,15). The lowest BCUT2D eigenvalue weighted by Crippen LogP contribution is -2.39. The van der Waals surface area contributed by atoms with E-state index in [1.54, 1.807) is 12.0 Å². The molecular weight excluding hydrogens is 232 g/mol. The normalized spacial score (nSPS) is 10.9. The van der Waals surface area contributed by atoms with Gasteiger partial charge in [0, 0.05) is 26.1 Å². The van der Waals surface area contributed by atoms with Gasteiger partial charge in [-0.3, -0.25) is 9.89 Å². The molecule has 0 radical (unpaired) electrons. The molecule has 102 valence electrons. The number of aryl methyl sites for hydroxylation is 1. The van der Waals surface area contributed by atoms with Gasteiger partial charge < -0.3 is 9.64 Å². The van der Waals surface area contributed by atoms with Gasteiger partial charge in [-0.1, -0.05) is 6.92 Å². The molecule has 0 atom stereocenters. The number of nitrogens with zero attached hydrogens (tertiary/aromatic N) is 3. The summed E-state index contributed by atoms with van der Waals surface area (Å²) >= 11 is 0. The van der Waals surface area contributed by atoms with Crippen LogP contribution >= 0.6 is 0 Å². The van der Waals surface area contributed by atoms with E-state index < -0.39 is 0 Å². The Hall–Kier alpha value is -1.43. The highest BCUT2D eigenvalue weighted by Gasteiger charge is 2.22. The van der Waals surface area contributed by atoms with Crippen molar-refractivity contribution in [1.29, 1.82) is 0 Å². The highest BCUT2D eigenvalue weighted by molar-refractivity contribution is 5.90. The molecule has 0 fully saturated rings. The second-order valence-corrected chi connectivity index (χ2v) is 4.44. The Kier molecular flexibility index (Phi) is 5.77. The molecule has 0 saturated heterocycles. The van der Waals surface area contributed by atoms with Gasteiger partial charge in [0.05, 0.1) is 6.61 Å². The Labute approximate surface area is 108 Å². The van der Waals surface area contributed by atoms with Crippen molar-refractivity contribution in [1.82, 2.24) is 20.1 Å². The molecule has 0 aliphatic heterocycles. The molecule has 6 heteroatoms. The molecule has 1 amide bonds. The van der Waals surface area contributed by atoms with Crippen molar-refractivity contribution in [2.75, 3.05) is 20.3 Å². The average Bonchev–Trinajstić information content (AvgIpc) is 2.78. The predicted octanol–water partition coefficient (Wildman–Crippen LogP) is 1.25. The first-order chi connectivity index (χ1) is 8.60. The van der Waals surface area contributed by atoms with E-state index in [2.05, 4.69) is 22.1 Å². The molecule has 1 aromatic heterocycles. The zero-order valence-corrected chi connectivity index (χ0v) is 11.6. The van der Waals surface area contributed by atoms with Crippen LogP contribution in [0.3, 0.4) is 0 Å². The summed E-state index contributed by atoms with van der Waals surface area (Å²) in [6.07, 6.45) is 1.78. The molecular formula is C12H22N4O2. The second-order valence-electron chi connectivity index (χ2n) is 4.44. The van der Waals surface area contributed by atoms with Crippen molar-refractivity contribution in [2.45, 2.75) is 39.7 Å². The fourth-order valence-electron chi connectivity index (χ4n) is 1.65. The van der Waals surface area contributed by atoms with Crippen molar-refractivity contribution in [3.05, 3.63) is 11.6 Å². The van der Waals surface area contributed by atoms with E-state index in [1.807, 2.05) is 13.8 Å². The minimum absolute atomic E-state index is 0.0979. The number of hydrogen-bond acceptors (Lipinski definition) is 4. The topological polar surface area (TPSA) is 71.1 Å². The summed E-state index contributed by atoms with van der Waals surface area (Å²) in [4.78, 5) is 18.2. The highest BCUT2D eigenvalue weighted by atomic mass is 16.5. The van der Waals surface area contributed by atoms with Crippen molar-refractivity contribution >= 4 is 5.91 Å². The number of aromatic nitrogens is 3. The summed E-state index contributed by atoms with van der Waals surface area (Å²) in [5.74, 6) is 0.847. The van der Waals surface area contributed by atoms with Crippen LogP contribution in [0, 0.1) is 0 Å². The van der Waals surface area contributed by atoms with Gasteiger partial charge in [0.25, 0.3) is 5.91 Å². The SMILES string of the molecule is CCCc1nc(C(=O)N(CCOC)C(C)C)n[nH]1. The van der Waals surface area contributed by atoms with E-state index >= 15 is 0 Å². The number of rotatable bonds is 7. The molecule has 1 heterocycles. The van der Waals surface area contributed by atoms with Gasteiger partial charge in [-0.15, -0.1) is 5.10 Å². The molecule has 1 rings (SSSR count). The van der Waals surface area contributed by atoms with E-state index in [4.69, 9.17) is 4.74 Å². The molecule has 1 aromatic rings. The summed E-state index contributed by atoms with van der Waals surface area (Å²) in [7, 11) is 1.62. The monoisotopic (exact) mass is 254 g/mol. The van der Waals surface area contributed by atoms with E-state index in [1.165, 1.54) is 0 Å². The smallest absolute Gasteiger partial charge is 0.293 e. The summed E-state index contributed by atoms with van der Waals surface area (Å²) in [5.41, 5.74) is 0. The number of ether oxygens (including phenoxy) is 1. The maximum Gasteiger partial charge on any atom is 0.293 e. The van der Waals surface area contributed by atoms with Gasteiger partial charge >= 0.3 is 0 Å². The highest BCUT2D eigenvalue weighted by Crippen LogP contribution is 2.05. The van der Waals surface area contributed by atoms with Crippen molar-refractivity contribution in [3.8, 4) is 0 Å². The number of amides is 1. The van der Waals surface area contributed by atoms with Crippen molar-refractivity contribution in [2.24, 2.45) is 0 Å². The van der Waals surface area contributed by atoms with Gasteiger partial charge in [0.2, 0.25) is 5.82 Å². The summed E-state index contributed by atoms with van der Waals surface area (Å²) in [6.45, 7) is 7.05. The van der Waals surface area contributed by atoms with Crippen LogP contribution in [0.25, 0.3) is 0 Å². The fraction of sp³-hybridized carbons (Fsp3) is 0.750. The first kappa shape index (κ1) is 14.6. The maximum atomic E-state index is 12.2. The third-order valence-electron chi connectivity index (χ3n) is 2.63. The molecule has 0 aromatic carbocycles. The minimum Gasteiger partial charge on any atom is -0.383 e. The zero-order valence-electron chi connectivity index (χ0n) is 11.6. The summed E-state index contributed by atoms with van der Waals surface area (Å²) in [5, 5.41) is 6.78. The quantitative estimate of drug-likeness (QED) is 0.795. The summed E-state index contributed by atoms with van der Waals surface area (Å²) < 4.78 is 5.01. The van der Waals surface area contributed by atoms with Crippen molar-refractivity contribution < 1.29 is 9.53 Å². The molecule has 0 aliphatic carbocycles. The minimum atomic E-state index is -0.152. The Morgan fingerprint density at radius 3 is 2.78 bits per heavy atom. The number of aromatic amines is 1. The average molecular weight is 254 g/mol. The number of methoxy groups -OCH3 is 1. The van der Waals surface area contributed by atoms with E-state index in [0.717, 1.165) is 18.7 Å². The van der Waals surface area contributed by atoms with E-state index in [0.29, 0.717) is 13.2 Å². The van der Waals surface area contributed by atoms with Gasteiger partial charge in [0.1, 0.15) is 5.82 Å². The molecule has 0 spiro atoms. The molecule has 0 aliphatic rings. The first-order valence-corrected chi connectivity index (χ1v) is 6.31. The van der Waals surface area contributed by atoms with Crippen LogP contribution in [0.4, 0.5) is 0 Å². The van der Waals surface area contributed by atoms with Gasteiger partial charge in [-0.2, -0.15) is 0 Å². The number of carbonyl (C=O) groups excluding carboxylic acids is 1. The zero-order chi connectivity index (χ0) is 13.5. The number of hydrogen-bond donors (Lipinski definition) is 1. The molecule has 0 bridgehead atoms. The maximum absolute atomic E-state index is 12.2. The predicted molar refractivity (Wildman–Crippen MR) is 68.4 cm³/mol. The Balaban J connectivity index is 2.74. The molecule has 0 unspecified atom stereocenters. The van der Waals surface area contributed by atoms with Crippen LogP contribution in [-0.4, -0.2) is 52.3 Å².